The monoisotopic (exact) mass is 346 g/mol. The molecule has 0 unspecified atom stereocenters. The predicted octanol–water partition coefficient (Wildman–Crippen LogP) is 3.64. The van der Waals surface area contributed by atoms with Crippen molar-refractivity contribution in [3.63, 3.8) is 0 Å². The van der Waals surface area contributed by atoms with E-state index in [-0.39, 0.29) is 24.2 Å². The van der Waals surface area contributed by atoms with Gasteiger partial charge in [-0.25, -0.2) is 4.98 Å². The number of nitrogens with zero attached hydrogens (tertiary/aromatic N) is 1. The molecule has 0 saturated carbocycles. The fraction of sp³-hybridized carbons (Fsp3) is 0.389. The van der Waals surface area contributed by atoms with Crippen LogP contribution in [0.15, 0.2) is 29.6 Å². The lowest BCUT2D eigenvalue weighted by atomic mass is 9.98. The van der Waals surface area contributed by atoms with Crippen molar-refractivity contribution in [2.75, 3.05) is 5.32 Å². The predicted molar refractivity (Wildman–Crippen MR) is 95.5 cm³/mol. The third-order valence-electron chi connectivity index (χ3n) is 3.37. The lowest BCUT2D eigenvalue weighted by molar-refractivity contribution is -0.137. The zero-order chi connectivity index (χ0) is 17.7. The highest BCUT2D eigenvalue weighted by Crippen LogP contribution is 2.25. The second-order valence-electron chi connectivity index (χ2n) is 6.71. The average molecular weight is 346 g/mol. The van der Waals surface area contributed by atoms with Gasteiger partial charge in [-0.1, -0.05) is 32.9 Å². The molecular formula is C18H22N2O3S. The zero-order valence-corrected chi connectivity index (χ0v) is 14.9. The third kappa shape index (κ3) is 5.45. The summed E-state index contributed by atoms with van der Waals surface area (Å²) < 4.78 is 0. The maximum Gasteiger partial charge on any atom is 0.303 e. The second kappa shape index (κ2) is 7.57. The Morgan fingerprint density at radius 3 is 2.67 bits per heavy atom. The molecule has 0 spiro atoms. The van der Waals surface area contributed by atoms with Crippen LogP contribution in [0.5, 0.6) is 0 Å². The van der Waals surface area contributed by atoms with E-state index in [1.165, 1.54) is 0 Å². The number of nitrogens with one attached hydrogen (secondary N) is 1. The van der Waals surface area contributed by atoms with Crippen LogP contribution in [0.1, 0.15) is 43.5 Å². The van der Waals surface area contributed by atoms with Crippen molar-refractivity contribution >= 4 is 28.9 Å². The van der Waals surface area contributed by atoms with E-state index < -0.39 is 5.97 Å². The van der Waals surface area contributed by atoms with Gasteiger partial charge in [-0.3, -0.25) is 9.59 Å². The first-order chi connectivity index (χ1) is 11.2. The Morgan fingerprint density at radius 2 is 2.04 bits per heavy atom. The van der Waals surface area contributed by atoms with Gasteiger partial charge in [0, 0.05) is 22.9 Å². The highest BCUT2D eigenvalue weighted by atomic mass is 32.1. The lowest BCUT2D eigenvalue weighted by Crippen LogP contribution is -2.15. The van der Waals surface area contributed by atoms with Crippen LogP contribution in [-0.2, 0) is 27.8 Å². The molecule has 0 aliphatic carbocycles. The van der Waals surface area contributed by atoms with Gasteiger partial charge in [0.1, 0.15) is 0 Å². The summed E-state index contributed by atoms with van der Waals surface area (Å²) in [6, 6.07) is 7.27. The molecule has 6 heteroatoms. The number of rotatable bonds is 6. The number of aryl methyl sites for hydroxylation is 1. The molecule has 2 N–H and O–H groups in total. The van der Waals surface area contributed by atoms with Crippen molar-refractivity contribution in [2.45, 2.75) is 45.4 Å². The van der Waals surface area contributed by atoms with Crippen LogP contribution < -0.4 is 5.32 Å². The van der Waals surface area contributed by atoms with Crippen LogP contribution >= 0.6 is 11.3 Å². The lowest BCUT2D eigenvalue weighted by Gasteiger charge is -2.13. The average Bonchev–Trinajstić information content (AvgIpc) is 2.94. The minimum atomic E-state index is -0.831. The van der Waals surface area contributed by atoms with E-state index in [0.29, 0.717) is 12.1 Å². The van der Waals surface area contributed by atoms with Crippen LogP contribution in [0.4, 0.5) is 5.69 Å². The normalized spacial score (nSPS) is 11.3. The number of aliphatic carboxylic acids is 1. The van der Waals surface area contributed by atoms with Crippen LogP contribution in [0, 0.1) is 0 Å². The highest BCUT2D eigenvalue weighted by Gasteiger charge is 2.18. The Bertz CT molecular complexity index is 732. The van der Waals surface area contributed by atoms with E-state index in [1.54, 1.807) is 17.4 Å². The van der Waals surface area contributed by atoms with Crippen molar-refractivity contribution < 1.29 is 14.7 Å². The van der Waals surface area contributed by atoms with Crippen molar-refractivity contribution in [1.29, 1.82) is 0 Å². The molecule has 2 aromatic rings. The number of hydrogen-bond acceptors (Lipinski definition) is 4. The van der Waals surface area contributed by atoms with Crippen LogP contribution in [0.2, 0.25) is 0 Å². The summed E-state index contributed by atoms with van der Waals surface area (Å²) in [5.74, 6) is -0.959. The van der Waals surface area contributed by atoms with Gasteiger partial charge in [0.15, 0.2) is 0 Å². The van der Waals surface area contributed by atoms with E-state index in [1.807, 2.05) is 23.6 Å². The molecule has 128 valence electrons. The summed E-state index contributed by atoms with van der Waals surface area (Å²) in [4.78, 5) is 27.3. The van der Waals surface area contributed by atoms with Gasteiger partial charge in [-0.15, -0.1) is 11.3 Å². The van der Waals surface area contributed by atoms with Gasteiger partial charge in [0.25, 0.3) is 0 Å². The van der Waals surface area contributed by atoms with Gasteiger partial charge >= 0.3 is 5.97 Å². The quantitative estimate of drug-likeness (QED) is 0.837. The molecule has 24 heavy (non-hydrogen) atoms. The molecule has 1 heterocycles. The van der Waals surface area contributed by atoms with E-state index in [4.69, 9.17) is 5.11 Å². The van der Waals surface area contributed by atoms with Gasteiger partial charge < -0.3 is 10.4 Å². The Balaban J connectivity index is 1.96. The van der Waals surface area contributed by atoms with Crippen LogP contribution in [-0.4, -0.2) is 22.0 Å². The van der Waals surface area contributed by atoms with Crippen LogP contribution in [0.25, 0.3) is 0 Å². The number of carbonyl (C=O) groups is 2. The molecular weight excluding hydrogens is 324 g/mol. The van der Waals surface area contributed by atoms with Gasteiger partial charge in [0.2, 0.25) is 5.91 Å². The molecule has 0 atom stereocenters. The number of benzene rings is 1. The molecule has 0 saturated heterocycles. The number of aromatic nitrogens is 1. The maximum atomic E-state index is 12.2. The second-order valence-corrected chi connectivity index (χ2v) is 7.57. The van der Waals surface area contributed by atoms with Crippen molar-refractivity contribution in [1.82, 2.24) is 4.98 Å². The smallest absolute Gasteiger partial charge is 0.303 e. The number of hydrogen-bond donors (Lipinski definition) is 2. The number of carbonyl (C=O) groups excluding carboxylic acids is 1. The molecule has 0 radical (unpaired) electrons. The largest absolute Gasteiger partial charge is 0.481 e. The summed E-state index contributed by atoms with van der Waals surface area (Å²) >= 11 is 1.57. The fourth-order valence-electron chi connectivity index (χ4n) is 2.16. The van der Waals surface area contributed by atoms with E-state index >= 15 is 0 Å². The number of amides is 1. The first-order valence-corrected chi connectivity index (χ1v) is 8.67. The Morgan fingerprint density at radius 1 is 1.29 bits per heavy atom. The first-order valence-electron chi connectivity index (χ1n) is 7.79. The highest BCUT2D eigenvalue weighted by molar-refractivity contribution is 7.09. The minimum Gasteiger partial charge on any atom is -0.481 e. The molecule has 1 amide bonds. The van der Waals surface area contributed by atoms with Crippen molar-refractivity contribution in [3.8, 4) is 0 Å². The Kier molecular flexibility index (Phi) is 5.72. The van der Waals surface area contributed by atoms with Crippen molar-refractivity contribution in [3.05, 3.63) is 45.9 Å². The molecule has 2 rings (SSSR count). The molecule has 5 nitrogen and oxygen atoms in total. The summed E-state index contributed by atoms with van der Waals surface area (Å²) in [6.07, 6.45) is 0.748. The fourth-order valence-corrected chi connectivity index (χ4v) is 3.07. The summed E-state index contributed by atoms with van der Waals surface area (Å²) in [5, 5.41) is 14.5. The number of anilines is 1. The van der Waals surface area contributed by atoms with E-state index in [0.717, 1.165) is 16.3 Å². The summed E-state index contributed by atoms with van der Waals surface area (Å²) in [6.45, 7) is 6.29. The molecule has 0 aliphatic heterocycles. The summed E-state index contributed by atoms with van der Waals surface area (Å²) in [5.41, 5.74) is 2.32. The van der Waals surface area contributed by atoms with Gasteiger partial charge in [-0.2, -0.15) is 0 Å². The van der Waals surface area contributed by atoms with E-state index in [2.05, 4.69) is 31.1 Å². The number of carboxylic acids is 1. The van der Waals surface area contributed by atoms with Crippen molar-refractivity contribution in [2.24, 2.45) is 0 Å². The minimum absolute atomic E-state index is 0.0160. The molecule has 0 bridgehead atoms. The topological polar surface area (TPSA) is 79.3 Å². The number of carboxylic acid groups (broad SMARTS) is 1. The Labute approximate surface area is 145 Å². The SMILES string of the molecule is CC(C)(C)c1nc(CC(=O)Nc2cccc(CCC(=O)O)c2)cs1. The molecule has 0 fully saturated rings. The molecule has 1 aromatic heterocycles. The molecule has 0 aliphatic rings. The zero-order valence-electron chi connectivity index (χ0n) is 14.1. The molecule has 1 aromatic carbocycles. The van der Waals surface area contributed by atoms with Gasteiger partial charge in [0.05, 0.1) is 17.1 Å². The maximum absolute atomic E-state index is 12.2. The van der Waals surface area contributed by atoms with E-state index in [9.17, 15) is 9.59 Å². The third-order valence-corrected chi connectivity index (χ3v) is 4.69. The standard InChI is InChI=1S/C18H22N2O3S/c1-18(2,3)17-20-14(11-24-17)10-15(21)19-13-6-4-5-12(9-13)7-8-16(22)23/h4-6,9,11H,7-8,10H2,1-3H3,(H,19,21)(H,22,23). The first kappa shape index (κ1) is 18.1. The Hall–Kier alpha value is -2.21. The number of thiazole rings is 1. The summed E-state index contributed by atoms with van der Waals surface area (Å²) in [7, 11) is 0. The van der Waals surface area contributed by atoms with Crippen LogP contribution in [0.3, 0.4) is 0 Å². The van der Waals surface area contributed by atoms with Gasteiger partial charge in [-0.05, 0) is 24.1 Å².